The van der Waals surface area contributed by atoms with Crippen molar-refractivity contribution in [2.75, 3.05) is 7.11 Å². The third-order valence-electron chi connectivity index (χ3n) is 4.11. The van der Waals surface area contributed by atoms with Crippen LogP contribution in [-0.2, 0) is 13.6 Å². The standard InChI is InChI=1S/C20H17F2N3O3/c1-25-11-14(8-16(20(25)27)13-3-5-15(21)6-4-13)18(26)23-9-12-7-17(22)19(28-2)24-10-12/h3-8,10-11H,9H2,1-2H3,(H,23,26). The molecule has 0 saturated heterocycles. The molecule has 0 aliphatic carbocycles. The summed E-state index contributed by atoms with van der Waals surface area (Å²) in [6.45, 7) is 0.0431. The third-order valence-corrected chi connectivity index (χ3v) is 4.11. The van der Waals surface area contributed by atoms with E-state index in [0.29, 0.717) is 11.1 Å². The summed E-state index contributed by atoms with van der Waals surface area (Å²) >= 11 is 0. The average Bonchev–Trinajstić information content (AvgIpc) is 2.69. The Labute approximate surface area is 159 Å². The Balaban J connectivity index is 1.83. The number of hydrogen-bond acceptors (Lipinski definition) is 4. The number of carbonyl (C=O) groups is 1. The van der Waals surface area contributed by atoms with E-state index in [2.05, 4.69) is 10.3 Å². The maximum atomic E-state index is 13.7. The van der Waals surface area contributed by atoms with Crippen molar-refractivity contribution in [3.63, 3.8) is 0 Å². The van der Waals surface area contributed by atoms with Crippen LogP contribution in [0.3, 0.4) is 0 Å². The Morgan fingerprint density at radius 1 is 1.21 bits per heavy atom. The van der Waals surface area contributed by atoms with Gasteiger partial charge in [-0.2, -0.15) is 0 Å². The number of halogens is 2. The minimum Gasteiger partial charge on any atom is -0.479 e. The van der Waals surface area contributed by atoms with Crippen LogP contribution in [0.25, 0.3) is 11.1 Å². The van der Waals surface area contributed by atoms with Crippen LogP contribution in [-0.4, -0.2) is 22.6 Å². The summed E-state index contributed by atoms with van der Waals surface area (Å²) in [4.78, 5) is 28.7. The largest absolute Gasteiger partial charge is 0.479 e. The molecule has 6 nitrogen and oxygen atoms in total. The van der Waals surface area contributed by atoms with Crippen molar-refractivity contribution in [2.45, 2.75) is 6.54 Å². The lowest BCUT2D eigenvalue weighted by Gasteiger charge is -2.10. The highest BCUT2D eigenvalue weighted by atomic mass is 19.1. The third kappa shape index (κ3) is 4.06. The maximum Gasteiger partial charge on any atom is 0.258 e. The fraction of sp³-hybridized carbons (Fsp3) is 0.150. The molecule has 3 rings (SSSR count). The Hall–Kier alpha value is -3.55. The monoisotopic (exact) mass is 385 g/mol. The number of aryl methyl sites for hydroxylation is 1. The quantitative estimate of drug-likeness (QED) is 0.733. The van der Waals surface area contributed by atoms with Crippen LogP contribution in [0.1, 0.15) is 15.9 Å². The zero-order chi connectivity index (χ0) is 20.3. The van der Waals surface area contributed by atoms with Crippen LogP contribution in [0.15, 0.2) is 53.6 Å². The summed E-state index contributed by atoms with van der Waals surface area (Å²) in [7, 11) is 2.83. The van der Waals surface area contributed by atoms with Crippen molar-refractivity contribution < 1.29 is 18.3 Å². The molecule has 0 aliphatic heterocycles. The molecular weight excluding hydrogens is 368 g/mol. The lowest BCUT2D eigenvalue weighted by atomic mass is 10.1. The van der Waals surface area contributed by atoms with E-state index in [1.807, 2.05) is 0 Å². The molecular formula is C20H17F2N3O3. The normalized spacial score (nSPS) is 10.6. The summed E-state index contributed by atoms with van der Waals surface area (Å²) < 4.78 is 32.9. The van der Waals surface area contributed by atoms with Crippen LogP contribution >= 0.6 is 0 Å². The first-order valence-electron chi connectivity index (χ1n) is 8.32. The van der Waals surface area contributed by atoms with Gasteiger partial charge in [-0.1, -0.05) is 12.1 Å². The van der Waals surface area contributed by atoms with E-state index in [4.69, 9.17) is 4.74 Å². The number of rotatable bonds is 5. The number of nitrogens with one attached hydrogen (secondary N) is 1. The van der Waals surface area contributed by atoms with Gasteiger partial charge in [0.1, 0.15) is 5.82 Å². The molecule has 8 heteroatoms. The second kappa shape index (κ2) is 7.99. The minimum absolute atomic E-state index is 0.0431. The number of pyridine rings is 2. The number of aromatic nitrogens is 2. The smallest absolute Gasteiger partial charge is 0.258 e. The predicted molar refractivity (Wildman–Crippen MR) is 99.0 cm³/mol. The second-order valence-electron chi connectivity index (χ2n) is 6.08. The Kier molecular flexibility index (Phi) is 5.49. The summed E-state index contributed by atoms with van der Waals surface area (Å²) in [5, 5.41) is 2.65. The Morgan fingerprint density at radius 2 is 1.93 bits per heavy atom. The SMILES string of the molecule is COc1ncc(CNC(=O)c2cc(-c3ccc(F)cc3)c(=O)n(C)c2)cc1F. The number of benzene rings is 1. The van der Waals surface area contributed by atoms with Crippen molar-refractivity contribution in [2.24, 2.45) is 7.05 Å². The molecule has 1 aromatic carbocycles. The van der Waals surface area contributed by atoms with E-state index in [1.165, 1.54) is 67.5 Å². The van der Waals surface area contributed by atoms with Crippen LogP contribution in [0, 0.1) is 11.6 Å². The molecule has 2 heterocycles. The summed E-state index contributed by atoms with van der Waals surface area (Å²) in [6, 6.07) is 8.09. The van der Waals surface area contributed by atoms with E-state index in [9.17, 15) is 18.4 Å². The topological polar surface area (TPSA) is 73.2 Å². The zero-order valence-electron chi connectivity index (χ0n) is 15.2. The van der Waals surface area contributed by atoms with E-state index in [-0.39, 0.29) is 29.1 Å². The molecule has 0 fully saturated rings. The van der Waals surface area contributed by atoms with E-state index >= 15 is 0 Å². The average molecular weight is 385 g/mol. The molecule has 0 aliphatic rings. The van der Waals surface area contributed by atoms with E-state index in [1.54, 1.807) is 0 Å². The Bertz CT molecular complexity index is 1080. The van der Waals surface area contributed by atoms with E-state index < -0.39 is 17.5 Å². The van der Waals surface area contributed by atoms with Crippen molar-refractivity contribution >= 4 is 5.91 Å². The molecule has 2 aromatic heterocycles. The van der Waals surface area contributed by atoms with Crippen molar-refractivity contribution in [3.8, 4) is 17.0 Å². The lowest BCUT2D eigenvalue weighted by Crippen LogP contribution is -2.26. The van der Waals surface area contributed by atoms with Crippen LogP contribution < -0.4 is 15.6 Å². The molecule has 3 aromatic rings. The second-order valence-corrected chi connectivity index (χ2v) is 6.08. The molecule has 0 bridgehead atoms. The van der Waals surface area contributed by atoms with Gasteiger partial charge in [0.05, 0.1) is 12.7 Å². The van der Waals surface area contributed by atoms with Gasteiger partial charge in [0.25, 0.3) is 11.5 Å². The van der Waals surface area contributed by atoms with Gasteiger partial charge in [0.15, 0.2) is 5.82 Å². The summed E-state index contributed by atoms with van der Waals surface area (Å²) in [5.74, 6) is -1.63. The van der Waals surface area contributed by atoms with Gasteiger partial charge in [-0.15, -0.1) is 0 Å². The summed E-state index contributed by atoms with van der Waals surface area (Å²) in [6.07, 6.45) is 2.80. The first kappa shape index (κ1) is 19.2. The zero-order valence-corrected chi connectivity index (χ0v) is 15.2. The number of carbonyl (C=O) groups excluding carboxylic acids is 1. The number of hydrogen-bond donors (Lipinski definition) is 1. The number of ether oxygens (including phenoxy) is 1. The van der Waals surface area contributed by atoms with Crippen molar-refractivity contribution in [3.05, 3.63) is 81.9 Å². The Morgan fingerprint density at radius 3 is 2.57 bits per heavy atom. The van der Waals surface area contributed by atoms with Gasteiger partial charge >= 0.3 is 0 Å². The maximum absolute atomic E-state index is 13.7. The predicted octanol–water partition coefficient (Wildman–Crippen LogP) is 2.66. The van der Waals surface area contributed by atoms with Crippen molar-refractivity contribution in [1.82, 2.24) is 14.9 Å². The number of amides is 1. The molecule has 0 saturated carbocycles. The van der Waals surface area contributed by atoms with Gasteiger partial charge in [-0.25, -0.2) is 13.8 Å². The highest BCUT2D eigenvalue weighted by molar-refractivity contribution is 5.95. The van der Waals surface area contributed by atoms with Gasteiger partial charge in [-0.05, 0) is 35.4 Å². The molecule has 0 unspecified atom stereocenters. The molecule has 0 atom stereocenters. The van der Waals surface area contributed by atoms with Gasteiger partial charge in [0, 0.05) is 31.5 Å². The van der Waals surface area contributed by atoms with Crippen LogP contribution in [0.2, 0.25) is 0 Å². The fourth-order valence-corrected chi connectivity index (χ4v) is 2.67. The van der Waals surface area contributed by atoms with Crippen LogP contribution in [0.5, 0.6) is 5.88 Å². The molecule has 28 heavy (non-hydrogen) atoms. The first-order chi connectivity index (χ1) is 13.4. The number of nitrogens with zero attached hydrogens (tertiary/aromatic N) is 2. The number of methoxy groups -OCH3 is 1. The molecule has 0 radical (unpaired) electrons. The van der Waals surface area contributed by atoms with E-state index in [0.717, 1.165) is 0 Å². The highest BCUT2D eigenvalue weighted by Crippen LogP contribution is 2.18. The molecule has 1 amide bonds. The molecule has 0 spiro atoms. The van der Waals surface area contributed by atoms with Gasteiger partial charge in [-0.3, -0.25) is 9.59 Å². The van der Waals surface area contributed by atoms with Gasteiger partial charge in [0.2, 0.25) is 5.88 Å². The minimum atomic E-state index is -0.630. The molecule has 1 N–H and O–H groups in total. The van der Waals surface area contributed by atoms with Crippen LogP contribution in [0.4, 0.5) is 8.78 Å². The summed E-state index contributed by atoms with van der Waals surface area (Å²) in [5.41, 5.74) is 1.15. The molecule has 144 valence electrons. The fourth-order valence-electron chi connectivity index (χ4n) is 2.67. The first-order valence-corrected chi connectivity index (χ1v) is 8.32. The van der Waals surface area contributed by atoms with Crippen molar-refractivity contribution in [1.29, 1.82) is 0 Å². The van der Waals surface area contributed by atoms with Gasteiger partial charge < -0.3 is 14.6 Å². The lowest BCUT2D eigenvalue weighted by molar-refractivity contribution is 0.0950. The highest BCUT2D eigenvalue weighted by Gasteiger charge is 2.13.